The molecular weight excluding hydrogens is 242 g/mol. The van der Waals surface area contributed by atoms with Crippen molar-refractivity contribution in [2.45, 2.75) is 13.5 Å². The molecular formula is C11H12ClN3O2. The van der Waals surface area contributed by atoms with E-state index in [9.17, 15) is 4.79 Å². The van der Waals surface area contributed by atoms with Gasteiger partial charge in [-0.1, -0.05) is 11.6 Å². The fourth-order valence-electron chi connectivity index (χ4n) is 1.69. The molecule has 90 valence electrons. The van der Waals surface area contributed by atoms with E-state index in [1.165, 1.54) is 0 Å². The molecule has 0 aromatic carbocycles. The van der Waals surface area contributed by atoms with Gasteiger partial charge in [0.25, 0.3) is 0 Å². The molecule has 0 fully saturated rings. The Bertz CT molecular complexity index is 571. The lowest BCUT2D eigenvalue weighted by Gasteiger charge is -2.04. The first-order valence-corrected chi connectivity index (χ1v) is 5.44. The van der Waals surface area contributed by atoms with Crippen molar-refractivity contribution in [2.24, 2.45) is 7.05 Å². The molecule has 5 nitrogen and oxygen atoms in total. The molecule has 1 N–H and O–H groups in total. The number of rotatable bonds is 3. The minimum atomic E-state index is -0.934. The maximum atomic E-state index is 10.7. The molecule has 0 atom stereocenters. The average Bonchev–Trinajstić information content (AvgIpc) is 2.80. The summed E-state index contributed by atoms with van der Waals surface area (Å²) in [6, 6.07) is 1.56. The molecule has 0 aliphatic rings. The van der Waals surface area contributed by atoms with E-state index < -0.39 is 5.97 Å². The van der Waals surface area contributed by atoms with E-state index >= 15 is 0 Å². The largest absolute Gasteiger partial charge is 0.478 e. The van der Waals surface area contributed by atoms with Crippen LogP contribution in [0.3, 0.4) is 0 Å². The zero-order chi connectivity index (χ0) is 12.6. The van der Waals surface area contributed by atoms with Crippen LogP contribution >= 0.6 is 11.6 Å². The maximum Gasteiger partial charge on any atom is 0.337 e. The lowest BCUT2D eigenvalue weighted by Crippen LogP contribution is -2.04. The molecule has 0 amide bonds. The van der Waals surface area contributed by atoms with Crippen LogP contribution in [0, 0.1) is 6.92 Å². The Kier molecular flexibility index (Phi) is 2.93. The molecule has 2 aromatic rings. The van der Waals surface area contributed by atoms with Crippen molar-refractivity contribution >= 4 is 17.6 Å². The predicted molar refractivity (Wildman–Crippen MR) is 63.4 cm³/mol. The number of aromatic carboxylic acids is 1. The molecule has 0 saturated heterocycles. The first-order chi connectivity index (χ1) is 7.99. The Morgan fingerprint density at radius 3 is 2.76 bits per heavy atom. The number of hydrogen-bond acceptors (Lipinski definition) is 2. The van der Waals surface area contributed by atoms with E-state index in [1.807, 2.05) is 14.0 Å². The molecule has 0 saturated carbocycles. The summed E-state index contributed by atoms with van der Waals surface area (Å²) in [5.74, 6) is -0.934. The summed E-state index contributed by atoms with van der Waals surface area (Å²) in [5, 5.41) is 13.6. The summed E-state index contributed by atoms with van der Waals surface area (Å²) in [6.45, 7) is 2.34. The molecule has 17 heavy (non-hydrogen) atoms. The Labute approximate surface area is 103 Å². The topological polar surface area (TPSA) is 60.0 Å². The number of carbonyl (C=O) groups is 1. The van der Waals surface area contributed by atoms with Gasteiger partial charge >= 0.3 is 5.97 Å². The van der Waals surface area contributed by atoms with Gasteiger partial charge in [-0.15, -0.1) is 0 Å². The Morgan fingerprint density at radius 1 is 1.59 bits per heavy atom. The number of aryl methyl sites for hydroxylation is 2. The van der Waals surface area contributed by atoms with Crippen molar-refractivity contribution in [1.82, 2.24) is 14.3 Å². The summed E-state index contributed by atoms with van der Waals surface area (Å²) in [7, 11) is 1.82. The molecule has 0 spiro atoms. The third-order valence-corrected chi connectivity index (χ3v) is 3.08. The highest BCUT2D eigenvalue weighted by molar-refractivity contribution is 6.31. The van der Waals surface area contributed by atoms with Crippen molar-refractivity contribution in [3.63, 3.8) is 0 Å². The van der Waals surface area contributed by atoms with Crippen LogP contribution in [0.1, 0.15) is 21.7 Å². The third kappa shape index (κ3) is 2.19. The van der Waals surface area contributed by atoms with Gasteiger partial charge in [0.15, 0.2) is 0 Å². The van der Waals surface area contributed by atoms with Gasteiger partial charge in [-0.3, -0.25) is 4.68 Å². The van der Waals surface area contributed by atoms with Crippen LogP contribution in [0.5, 0.6) is 0 Å². The fraction of sp³-hybridized carbons (Fsp3) is 0.273. The monoisotopic (exact) mass is 253 g/mol. The minimum Gasteiger partial charge on any atom is -0.478 e. The Balaban J connectivity index is 2.28. The second kappa shape index (κ2) is 4.25. The summed E-state index contributed by atoms with van der Waals surface area (Å²) < 4.78 is 3.48. The van der Waals surface area contributed by atoms with E-state index in [0.717, 1.165) is 11.4 Å². The molecule has 0 unspecified atom stereocenters. The van der Waals surface area contributed by atoms with Gasteiger partial charge in [-0.25, -0.2) is 4.79 Å². The van der Waals surface area contributed by atoms with E-state index in [-0.39, 0.29) is 5.56 Å². The zero-order valence-electron chi connectivity index (χ0n) is 9.51. The van der Waals surface area contributed by atoms with Gasteiger partial charge in [-0.2, -0.15) is 5.10 Å². The van der Waals surface area contributed by atoms with Gasteiger partial charge in [0.05, 0.1) is 28.5 Å². The van der Waals surface area contributed by atoms with E-state index in [2.05, 4.69) is 5.10 Å². The number of hydrogen-bond donors (Lipinski definition) is 1. The zero-order valence-corrected chi connectivity index (χ0v) is 10.3. The van der Waals surface area contributed by atoms with Crippen molar-refractivity contribution in [3.05, 3.63) is 40.4 Å². The van der Waals surface area contributed by atoms with Crippen molar-refractivity contribution in [1.29, 1.82) is 0 Å². The smallest absolute Gasteiger partial charge is 0.337 e. The summed E-state index contributed by atoms with van der Waals surface area (Å²) in [6.07, 6.45) is 3.28. The van der Waals surface area contributed by atoms with Crippen molar-refractivity contribution in [2.75, 3.05) is 0 Å². The molecule has 0 aliphatic heterocycles. The lowest BCUT2D eigenvalue weighted by molar-refractivity contribution is 0.0697. The second-order valence-electron chi connectivity index (χ2n) is 3.85. The standard InChI is InChI=1S/C11H12ClN3O2/c1-7-10(12)9(14(2)13-7)6-15-4-3-8(5-15)11(16)17/h3-5H,6H2,1-2H3,(H,16,17). The van der Waals surface area contributed by atoms with Crippen LogP contribution in [0.2, 0.25) is 5.02 Å². The molecule has 2 heterocycles. The molecule has 2 rings (SSSR count). The maximum absolute atomic E-state index is 10.7. The minimum absolute atomic E-state index is 0.264. The molecule has 0 radical (unpaired) electrons. The average molecular weight is 254 g/mol. The van der Waals surface area contributed by atoms with Gasteiger partial charge in [0.2, 0.25) is 0 Å². The van der Waals surface area contributed by atoms with E-state index in [1.54, 1.807) is 27.7 Å². The van der Waals surface area contributed by atoms with Crippen molar-refractivity contribution < 1.29 is 9.90 Å². The summed E-state index contributed by atoms with van der Waals surface area (Å²) >= 11 is 6.12. The number of aromatic nitrogens is 3. The molecule has 0 bridgehead atoms. The summed E-state index contributed by atoms with van der Waals surface area (Å²) in [5.41, 5.74) is 1.89. The molecule has 0 aliphatic carbocycles. The van der Waals surface area contributed by atoms with E-state index in [0.29, 0.717) is 11.6 Å². The van der Waals surface area contributed by atoms with Crippen LogP contribution in [0.4, 0.5) is 0 Å². The predicted octanol–water partition coefficient (Wildman–Crippen LogP) is 1.93. The highest BCUT2D eigenvalue weighted by atomic mass is 35.5. The number of nitrogens with zero attached hydrogens (tertiary/aromatic N) is 3. The van der Waals surface area contributed by atoms with Gasteiger partial charge in [0, 0.05) is 19.4 Å². The fourth-order valence-corrected chi connectivity index (χ4v) is 1.91. The Morgan fingerprint density at radius 2 is 2.29 bits per heavy atom. The Hall–Kier alpha value is -1.75. The lowest BCUT2D eigenvalue weighted by atomic mass is 10.3. The molecule has 6 heteroatoms. The van der Waals surface area contributed by atoms with Crippen LogP contribution in [-0.4, -0.2) is 25.4 Å². The quantitative estimate of drug-likeness (QED) is 0.909. The first kappa shape index (κ1) is 11.7. The van der Waals surface area contributed by atoms with Gasteiger partial charge in [0.1, 0.15) is 0 Å². The highest BCUT2D eigenvalue weighted by Gasteiger charge is 2.12. The van der Waals surface area contributed by atoms with Crippen molar-refractivity contribution in [3.8, 4) is 0 Å². The van der Waals surface area contributed by atoms with Crippen LogP contribution in [-0.2, 0) is 13.6 Å². The normalized spacial score (nSPS) is 10.8. The SMILES string of the molecule is Cc1nn(C)c(Cn2ccc(C(=O)O)c2)c1Cl. The number of carboxylic acid groups (broad SMARTS) is 1. The first-order valence-electron chi connectivity index (χ1n) is 5.06. The second-order valence-corrected chi connectivity index (χ2v) is 4.23. The van der Waals surface area contributed by atoms with Gasteiger partial charge in [-0.05, 0) is 13.0 Å². The highest BCUT2D eigenvalue weighted by Crippen LogP contribution is 2.20. The molecule has 2 aromatic heterocycles. The third-order valence-electron chi connectivity index (χ3n) is 2.59. The summed E-state index contributed by atoms with van der Waals surface area (Å²) in [4.78, 5) is 10.7. The number of halogens is 1. The van der Waals surface area contributed by atoms with Crippen LogP contribution in [0.15, 0.2) is 18.5 Å². The van der Waals surface area contributed by atoms with Crippen LogP contribution in [0.25, 0.3) is 0 Å². The van der Waals surface area contributed by atoms with Gasteiger partial charge < -0.3 is 9.67 Å². The van der Waals surface area contributed by atoms with Crippen LogP contribution < -0.4 is 0 Å². The number of carboxylic acids is 1. The van der Waals surface area contributed by atoms with E-state index in [4.69, 9.17) is 16.7 Å².